The second kappa shape index (κ2) is 15.2. The molecule has 0 spiro atoms. The zero-order valence-electron chi connectivity index (χ0n) is 22.9. The monoisotopic (exact) mass is 567 g/mol. The SMILES string of the molecule is CC[C@H](C)[C@H](NC(=O)OCc1ccccc1)C(=O)N[C@@H](CC(=O)OCc1ccccc1)C(=O)ON1C(=O)CCC1=O. The van der Waals surface area contributed by atoms with Gasteiger partial charge in [0.1, 0.15) is 25.3 Å². The van der Waals surface area contributed by atoms with Crippen LogP contribution in [0, 0.1) is 5.92 Å². The van der Waals surface area contributed by atoms with Gasteiger partial charge in [0, 0.05) is 12.8 Å². The van der Waals surface area contributed by atoms with Crippen molar-refractivity contribution >= 4 is 35.8 Å². The van der Waals surface area contributed by atoms with E-state index >= 15 is 0 Å². The van der Waals surface area contributed by atoms with Gasteiger partial charge in [-0.05, 0) is 17.0 Å². The van der Waals surface area contributed by atoms with E-state index in [1.807, 2.05) is 6.07 Å². The summed E-state index contributed by atoms with van der Waals surface area (Å²) in [5.41, 5.74) is 1.45. The van der Waals surface area contributed by atoms with Crippen molar-refractivity contribution in [3.05, 3.63) is 71.8 Å². The smallest absolute Gasteiger partial charge is 0.408 e. The maximum absolute atomic E-state index is 13.3. The summed E-state index contributed by atoms with van der Waals surface area (Å²) in [6.07, 6.45) is -1.30. The average molecular weight is 568 g/mol. The lowest BCUT2D eigenvalue weighted by molar-refractivity contribution is -0.199. The number of esters is 1. The fourth-order valence-electron chi connectivity index (χ4n) is 3.82. The Kier molecular flexibility index (Phi) is 11.4. The molecule has 12 nitrogen and oxygen atoms in total. The number of hydrogen-bond acceptors (Lipinski definition) is 9. The number of imide groups is 1. The Morgan fingerprint density at radius 3 is 1.90 bits per heavy atom. The summed E-state index contributed by atoms with van der Waals surface area (Å²) in [7, 11) is 0. The van der Waals surface area contributed by atoms with E-state index in [1.54, 1.807) is 68.4 Å². The summed E-state index contributed by atoms with van der Waals surface area (Å²) in [6, 6.07) is 15.0. The Bertz CT molecular complexity index is 1220. The Labute approximate surface area is 237 Å². The largest absolute Gasteiger partial charge is 0.461 e. The first-order valence-electron chi connectivity index (χ1n) is 13.2. The highest BCUT2D eigenvalue weighted by Gasteiger charge is 2.37. The van der Waals surface area contributed by atoms with Crippen LogP contribution in [0.4, 0.5) is 4.79 Å². The molecule has 0 aromatic heterocycles. The number of rotatable bonds is 13. The number of amides is 4. The van der Waals surface area contributed by atoms with Gasteiger partial charge in [-0.2, -0.15) is 0 Å². The molecule has 2 aromatic rings. The number of benzene rings is 2. The minimum Gasteiger partial charge on any atom is -0.461 e. The number of hydrogen-bond donors (Lipinski definition) is 2. The molecular weight excluding hydrogens is 534 g/mol. The summed E-state index contributed by atoms with van der Waals surface area (Å²) in [5.74, 6) is -4.70. The van der Waals surface area contributed by atoms with Crippen LogP contribution in [0.1, 0.15) is 50.7 Å². The second-order valence-corrected chi connectivity index (χ2v) is 9.47. The van der Waals surface area contributed by atoms with Crippen molar-refractivity contribution in [2.24, 2.45) is 5.92 Å². The minimum absolute atomic E-state index is 0.0262. The highest BCUT2D eigenvalue weighted by Crippen LogP contribution is 2.15. The average Bonchev–Trinajstić information content (AvgIpc) is 3.30. The number of ether oxygens (including phenoxy) is 2. The zero-order valence-corrected chi connectivity index (χ0v) is 22.9. The normalized spacial score (nSPS) is 14.9. The van der Waals surface area contributed by atoms with Crippen LogP contribution in [0.25, 0.3) is 0 Å². The number of nitrogens with one attached hydrogen (secondary N) is 2. The molecule has 4 amide bonds. The van der Waals surface area contributed by atoms with E-state index in [0.29, 0.717) is 17.0 Å². The van der Waals surface area contributed by atoms with E-state index < -0.39 is 60.2 Å². The molecule has 1 aliphatic rings. The predicted octanol–water partition coefficient (Wildman–Crippen LogP) is 2.55. The van der Waals surface area contributed by atoms with Gasteiger partial charge in [0.15, 0.2) is 0 Å². The van der Waals surface area contributed by atoms with Gasteiger partial charge in [0.05, 0.1) is 6.42 Å². The molecule has 3 rings (SSSR count). The molecule has 41 heavy (non-hydrogen) atoms. The van der Waals surface area contributed by atoms with Crippen molar-refractivity contribution in [3.8, 4) is 0 Å². The Balaban J connectivity index is 1.69. The van der Waals surface area contributed by atoms with Crippen LogP contribution in [-0.4, -0.2) is 52.9 Å². The Morgan fingerprint density at radius 2 is 1.37 bits per heavy atom. The van der Waals surface area contributed by atoms with E-state index in [-0.39, 0.29) is 26.1 Å². The van der Waals surface area contributed by atoms with Crippen LogP contribution in [0.3, 0.4) is 0 Å². The van der Waals surface area contributed by atoms with Crippen LogP contribution in [0.5, 0.6) is 0 Å². The fraction of sp³-hybridized carbons (Fsp3) is 0.379. The summed E-state index contributed by atoms with van der Waals surface area (Å²) >= 11 is 0. The lowest BCUT2D eigenvalue weighted by Crippen LogP contribution is -2.55. The zero-order chi connectivity index (χ0) is 29.8. The van der Waals surface area contributed by atoms with E-state index in [4.69, 9.17) is 14.3 Å². The van der Waals surface area contributed by atoms with Gasteiger partial charge < -0.3 is 24.9 Å². The van der Waals surface area contributed by atoms with Crippen molar-refractivity contribution in [2.45, 2.75) is 64.8 Å². The van der Waals surface area contributed by atoms with Gasteiger partial charge in [-0.1, -0.05) is 80.9 Å². The van der Waals surface area contributed by atoms with Crippen LogP contribution >= 0.6 is 0 Å². The number of carbonyl (C=O) groups excluding carboxylic acids is 6. The van der Waals surface area contributed by atoms with Gasteiger partial charge in [0.25, 0.3) is 11.8 Å². The molecular formula is C29H33N3O9. The third kappa shape index (κ3) is 9.45. The first-order valence-corrected chi connectivity index (χ1v) is 13.2. The van der Waals surface area contributed by atoms with E-state index in [1.165, 1.54) is 0 Å². The number of alkyl carbamates (subject to hydrolysis) is 1. The summed E-state index contributed by atoms with van der Waals surface area (Å²) in [4.78, 5) is 80.3. The fourth-order valence-corrected chi connectivity index (χ4v) is 3.82. The van der Waals surface area contributed by atoms with Crippen molar-refractivity contribution in [1.29, 1.82) is 0 Å². The lowest BCUT2D eigenvalue weighted by Gasteiger charge is -2.26. The van der Waals surface area contributed by atoms with Gasteiger partial charge in [-0.15, -0.1) is 5.06 Å². The molecule has 0 bridgehead atoms. The maximum atomic E-state index is 13.3. The molecule has 1 saturated heterocycles. The highest BCUT2D eigenvalue weighted by molar-refractivity contribution is 6.02. The van der Waals surface area contributed by atoms with Crippen molar-refractivity contribution in [2.75, 3.05) is 0 Å². The topological polar surface area (TPSA) is 157 Å². The number of hydroxylamine groups is 2. The molecule has 218 valence electrons. The number of nitrogens with zero attached hydrogens (tertiary/aromatic N) is 1. The molecule has 3 atom stereocenters. The molecule has 0 unspecified atom stereocenters. The highest BCUT2D eigenvalue weighted by atomic mass is 16.7. The van der Waals surface area contributed by atoms with Gasteiger partial charge in [-0.25, -0.2) is 9.59 Å². The molecule has 12 heteroatoms. The first-order chi connectivity index (χ1) is 19.7. The van der Waals surface area contributed by atoms with Crippen molar-refractivity contribution in [3.63, 3.8) is 0 Å². The van der Waals surface area contributed by atoms with Crippen LogP contribution in [-0.2, 0) is 51.5 Å². The third-order valence-corrected chi connectivity index (χ3v) is 6.38. The van der Waals surface area contributed by atoms with Crippen LogP contribution in [0.15, 0.2) is 60.7 Å². The molecule has 0 radical (unpaired) electrons. The predicted molar refractivity (Wildman–Crippen MR) is 143 cm³/mol. The Hall–Kier alpha value is -4.74. The molecule has 1 aliphatic heterocycles. The molecule has 1 heterocycles. The van der Waals surface area contributed by atoms with Crippen LogP contribution < -0.4 is 10.6 Å². The number of carbonyl (C=O) groups is 6. The van der Waals surface area contributed by atoms with Crippen molar-refractivity contribution < 1.29 is 43.1 Å². The van der Waals surface area contributed by atoms with Crippen molar-refractivity contribution in [1.82, 2.24) is 15.7 Å². The summed E-state index contributed by atoms with van der Waals surface area (Å²) in [5, 5.41) is 5.24. The van der Waals surface area contributed by atoms with Gasteiger partial charge in [-0.3, -0.25) is 19.2 Å². The van der Waals surface area contributed by atoms with E-state index in [9.17, 15) is 28.8 Å². The van der Waals surface area contributed by atoms with E-state index in [2.05, 4.69) is 10.6 Å². The van der Waals surface area contributed by atoms with Crippen LogP contribution in [0.2, 0.25) is 0 Å². The summed E-state index contributed by atoms with van der Waals surface area (Å²) in [6.45, 7) is 3.41. The van der Waals surface area contributed by atoms with Gasteiger partial charge in [0.2, 0.25) is 5.91 Å². The molecule has 2 N–H and O–H groups in total. The lowest BCUT2D eigenvalue weighted by atomic mass is 9.98. The minimum atomic E-state index is -1.62. The maximum Gasteiger partial charge on any atom is 0.408 e. The second-order valence-electron chi connectivity index (χ2n) is 9.47. The molecule has 0 saturated carbocycles. The van der Waals surface area contributed by atoms with E-state index in [0.717, 1.165) is 5.56 Å². The van der Waals surface area contributed by atoms with Gasteiger partial charge >= 0.3 is 18.0 Å². The Morgan fingerprint density at radius 1 is 0.829 bits per heavy atom. The summed E-state index contributed by atoms with van der Waals surface area (Å²) < 4.78 is 10.5. The molecule has 1 fully saturated rings. The molecule has 2 aromatic carbocycles. The standard InChI is InChI=1S/C29H33N3O9/c1-3-19(2)26(31-29(38)40-18-21-12-8-5-9-13-21)27(36)30-22(28(37)41-32-23(33)14-15-24(32)34)16-25(35)39-17-20-10-6-4-7-11-20/h4-13,19,22,26H,3,14-18H2,1-2H3,(H,30,36)(H,31,38)/t19-,22-,26-/m0/s1. The third-order valence-electron chi connectivity index (χ3n) is 6.38. The molecule has 0 aliphatic carbocycles. The quantitative estimate of drug-likeness (QED) is 0.274. The first kappa shape index (κ1) is 30.8.